The van der Waals surface area contributed by atoms with Crippen LogP contribution >= 0.6 is 12.2 Å². The van der Waals surface area contributed by atoms with Crippen molar-refractivity contribution in [2.45, 2.75) is 44.9 Å². The van der Waals surface area contributed by atoms with Gasteiger partial charge in [-0.25, -0.2) is 0 Å². The molecule has 1 saturated carbocycles. The van der Waals surface area contributed by atoms with Gasteiger partial charge in [-0.3, -0.25) is 5.10 Å². The van der Waals surface area contributed by atoms with Crippen LogP contribution in [0.1, 0.15) is 55.0 Å². The van der Waals surface area contributed by atoms with Crippen LogP contribution in [0, 0.1) is 11.7 Å². The van der Waals surface area contributed by atoms with Crippen molar-refractivity contribution in [3.8, 4) is 0 Å². The molecule has 2 aromatic rings. The molecule has 0 spiro atoms. The Bertz CT molecular complexity index is 692. The SMILES string of the molecule is Cc1cccc(/C=N\n2c(C3CCCCC3)n[nH]c2=S)c1. The molecule has 1 fully saturated rings. The molecule has 0 bridgehead atoms. The molecule has 110 valence electrons. The van der Waals surface area contributed by atoms with Crippen molar-refractivity contribution in [3.63, 3.8) is 0 Å². The molecule has 21 heavy (non-hydrogen) atoms. The van der Waals surface area contributed by atoms with Gasteiger partial charge in [-0.1, -0.05) is 49.1 Å². The van der Waals surface area contributed by atoms with Crippen LogP contribution in [-0.2, 0) is 0 Å². The molecule has 3 rings (SSSR count). The summed E-state index contributed by atoms with van der Waals surface area (Å²) in [7, 11) is 0. The first-order valence-corrected chi connectivity index (χ1v) is 7.93. The van der Waals surface area contributed by atoms with Gasteiger partial charge >= 0.3 is 0 Å². The van der Waals surface area contributed by atoms with Crippen LogP contribution in [0.4, 0.5) is 0 Å². The molecule has 1 aromatic carbocycles. The van der Waals surface area contributed by atoms with Crippen molar-refractivity contribution in [3.05, 3.63) is 46.0 Å². The fourth-order valence-electron chi connectivity index (χ4n) is 2.92. The Hall–Kier alpha value is -1.75. The maximum atomic E-state index is 5.31. The first-order chi connectivity index (χ1) is 10.2. The third-order valence-corrected chi connectivity index (χ3v) is 4.27. The molecule has 1 heterocycles. The first-order valence-electron chi connectivity index (χ1n) is 7.52. The summed E-state index contributed by atoms with van der Waals surface area (Å²) in [5.74, 6) is 1.45. The van der Waals surface area contributed by atoms with Gasteiger partial charge in [0.1, 0.15) is 0 Å². The highest BCUT2D eigenvalue weighted by molar-refractivity contribution is 7.71. The minimum Gasteiger partial charge on any atom is -0.250 e. The fraction of sp³-hybridized carbons (Fsp3) is 0.438. The lowest BCUT2D eigenvalue weighted by Gasteiger charge is -2.19. The van der Waals surface area contributed by atoms with Crippen molar-refractivity contribution in [1.82, 2.24) is 14.9 Å². The number of aromatic nitrogens is 3. The Labute approximate surface area is 129 Å². The minimum atomic E-state index is 0.473. The number of hydrogen-bond acceptors (Lipinski definition) is 3. The number of aryl methyl sites for hydroxylation is 1. The highest BCUT2D eigenvalue weighted by Gasteiger charge is 2.21. The van der Waals surface area contributed by atoms with Gasteiger partial charge in [-0.2, -0.15) is 14.9 Å². The predicted octanol–water partition coefficient (Wildman–Crippen LogP) is 4.18. The summed E-state index contributed by atoms with van der Waals surface area (Å²) in [6.45, 7) is 2.08. The van der Waals surface area contributed by atoms with Gasteiger partial charge in [-0.05, 0) is 37.5 Å². The van der Waals surface area contributed by atoms with E-state index in [-0.39, 0.29) is 0 Å². The van der Waals surface area contributed by atoms with Crippen molar-refractivity contribution in [2.24, 2.45) is 5.10 Å². The molecule has 1 aromatic heterocycles. The van der Waals surface area contributed by atoms with E-state index in [1.54, 1.807) is 4.68 Å². The van der Waals surface area contributed by atoms with E-state index in [4.69, 9.17) is 12.2 Å². The normalized spacial score (nSPS) is 16.6. The second kappa shape index (κ2) is 6.35. The molecule has 1 N–H and O–H groups in total. The predicted molar refractivity (Wildman–Crippen MR) is 87.4 cm³/mol. The lowest BCUT2D eigenvalue weighted by molar-refractivity contribution is 0.419. The number of nitrogens with one attached hydrogen (secondary N) is 1. The van der Waals surface area contributed by atoms with E-state index in [2.05, 4.69) is 34.4 Å². The molecule has 1 aliphatic rings. The van der Waals surface area contributed by atoms with E-state index in [1.807, 2.05) is 18.3 Å². The van der Waals surface area contributed by atoms with E-state index in [0.29, 0.717) is 10.7 Å². The molecule has 0 unspecified atom stereocenters. The number of hydrogen-bond donors (Lipinski definition) is 1. The summed E-state index contributed by atoms with van der Waals surface area (Å²) in [5, 5.41) is 11.8. The van der Waals surface area contributed by atoms with Crippen molar-refractivity contribution < 1.29 is 0 Å². The lowest BCUT2D eigenvalue weighted by Crippen LogP contribution is -2.10. The van der Waals surface area contributed by atoms with Gasteiger partial charge in [0.15, 0.2) is 5.82 Å². The maximum Gasteiger partial charge on any atom is 0.216 e. The van der Waals surface area contributed by atoms with Crippen LogP contribution in [0.25, 0.3) is 0 Å². The fourth-order valence-corrected chi connectivity index (χ4v) is 3.10. The van der Waals surface area contributed by atoms with E-state index >= 15 is 0 Å². The van der Waals surface area contributed by atoms with Gasteiger partial charge in [0.05, 0.1) is 6.21 Å². The number of benzene rings is 1. The molecule has 0 amide bonds. The Kier molecular flexibility index (Phi) is 4.29. The van der Waals surface area contributed by atoms with Crippen LogP contribution in [0.2, 0.25) is 0 Å². The zero-order valence-corrected chi connectivity index (χ0v) is 13.1. The highest BCUT2D eigenvalue weighted by atomic mass is 32.1. The molecule has 0 aliphatic heterocycles. The largest absolute Gasteiger partial charge is 0.250 e. The van der Waals surface area contributed by atoms with Gasteiger partial charge in [0.2, 0.25) is 4.77 Å². The smallest absolute Gasteiger partial charge is 0.216 e. The van der Waals surface area contributed by atoms with Crippen molar-refractivity contribution >= 4 is 18.4 Å². The quantitative estimate of drug-likeness (QED) is 0.683. The Morgan fingerprint density at radius 1 is 1.33 bits per heavy atom. The van der Waals surface area contributed by atoms with Gasteiger partial charge in [0, 0.05) is 5.92 Å². The average Bonchev–Trinajstić information content (AvgIpc) is 2.87. The summed E-state index contributed by atoms with van der Waals surface area (Å²) < 4.78 is 2.35. The molecule has 0 radical (unpaired) electrons. The van der Waals surface area contributed by atoms with Gasteiger partial charge < -0.3 is 0 Å². The van der Waals surface area contributed by atoms with Crippen LogP contribution in [0.3, 0.4) is 0 Å². The summed E-state index contributed by atoms with van der Waals surface area (Å²) >= 11 is 5.31. The highest BCUT2D eigenvalue weighted by Crippen LogP contribution is 2.31. The summed E-state index contributed by atoms with van der Waals surface area (Å²) in [6, 6.07) is 8.26. The van der Waals surface area contributed by atoms with Crippen LogP contribution in [0.15, 0.2) is 29.4 Å². The molecule has 0 saturated heterocycles. The minimum absolute atomic E-state index is 0.473. The zero-order chi connectivity index (χ0) is 14.7. The summed E-state index contributed by atoms with van der Waals surface area (Å²) in [6.07, 6.45) is 8.08. The lowest BCUT2D eigenvalue weighted by atomic mass is 9.89. The molecule has 5 heteroatoms. The molecule has 1 aliphatic carbocycles. The van der Waals surface area contributed by atoms with Crippen molar-refractivity contribution in [1.29, 1.82) is 0 Å². The topological polar surface area (TPSA) is 46.0 Å². The van der Waals surface area contributed by atoms with E-state index in [1.165, 1.54) is 37.7 Å². The standard InChI is InChI=1S/C16H20N4S/c1-12-6-5-7-13(10-12)11-17-20-15(18-19-16(20)21)14-8-3-2-4-9-14/h5-7,10-11,14H,2-4,8-9H2,1H3,(H,19,21)/b17-11-. The van der Waals surface area contributed by atoms with Gasteiger partial charge in [0.25, 0.3) is 0 Å². The Balaban J connectivity index is 1.88. The summed E-state index contributed by atoms with van der Waals surface area (Å²) in [5.41, 5.74) is 2.30. The molecule has 0 atom stereocenters. The molecule has 4 nitrogen and oxygen atoms in total. The second-order valence-electron chi connectivity index (χ2n) is 5.69. The molecular formula is C16H20N4S. The number of rotatable bonds is 3. The number of H-pyrrole nitrogens is 1. The van der Waals surface area contributed by atoms with Crippen LogP contribution in [-0.4, -0.2) is 21.1 Å². The van der Waals surface area contributed by atoms with Gasteiger partial charge in [-0.15, -0.1) is 0 Å². The zero-order valence-electron chi connectivity index (χ0n) is 12.2. The van der Waals surface area contributed by atoms with E-state index < -0.39 is 0 Å². The first kappa shape index (κ1) is 14.2. The maximum absolute atomic E-state index is 5.31. The van der Waals surface area contributed by atoms with E-state index in [9.17, 15) is 0 Å². The monoisotopic (exact) mass is 300 g/mol. The third-order valence-electron chi connectivity index (χ3n) is 4.01. The van der Waals surface area contributed by atoms with Crippen LogP contribution in [0.5, 0.6) is 0 Å². The Morgan fingerprint density at radius 3 is 2.90 bits per heavy atom. The summed E-state index contributed by atoms with van der Waals surface area (Å²) in [4.78, 5) is 0. The number of nitrogens with zero attached hydrogens (tertiary/aromatic N) is 3. The second-order valence-corrected chi connectivity index (χ2v) is 6.08. The Morgan fingerprint density at radius 2 is 2.14 bits per heavy atom. The average molecular weight is 300 g/mol. The third kappa shape index (κ3) is 3.29. The van der Waals surface area contributed by atoms with E-state index in [0.717, 1.165) is 11.4 Å². The molecular weight excluding hydrogens is 280 g/mol. The van der Waals surface area contributed by atoms with Crippen LogP contribution < -0.4 is 0 Å². The van der Waals surface area contributed by atoms with Crippen molar-refractivity contribution in [2.75, 3.05) is 0 Å². The number of aromatic amines is 1.